The van der Waals surface area contributed by atoms with Crippen LogP contribution in [0.15, 0.2) is 59.4 Å². The molecule has 0 aliphatic carbocycles. The highest BCUT2D eigenvalue weighted by Crippen LogP contribution is 2.16. The fourth-order valence-electron chi connectivity index (χ4n) is 2.80. The number of hydrogen-bond donors (Lipinski definition) is 1. The van der Waals surface area contributed by atoms with E-state index in [1.807, 2.05) is 37.3 Å². The van der Waals surface area contributed by atoms with Crippen molar-refractivity contribution >= 4 is 35.0 Å². The number of nitrogens with one attached hydrogen (secondary N) is 1. The second kappa shape index (κ2) is 9.71. The molecule has 1 heterocycles. The minimum absolute atomic E-state index is 0.215. The molecule has 0 atom stereocenters. The zero-order valence-corrected chi connectivity index (χ0v) is 17.8. The molecule has 0 aliphatic heterocycles. The summed E-state index contributed by atoms with van der Waals surface area (Å²) in [6.45, 7) is 2.29. The minimum Gasteiger partial charge on any atom is -0.493 e. The summed E-state index contributed by atoms with van der Waals surface area (Å²) in [6, 6.07) is 16.5. The molecule has 0 radical (unpaired) electrons. The molecule has 0 bridgehead atoms. The van der Waals surface area contributed by atoms with Crippen LogP contribution in [0.5, 0.6) is 5.75 Å². The molecular weight excluding hydrogens is 410 g/mol. The molecule has 1 N–H and O–H groups in total. The van der Waals surface area contributed by atoms with Crippen molar-refractivity contribution in [2.75, 3.05) is 23.4 Å². The maximum Gasteiger partial charge on any atom is 0.295 e. The Hall–Kier alpha value is -2.64. The van der Waals surface area contributed by atoms with Gasteiger partial charge < -0.3 is 10.1 Å². The van der Waals surface area contributed by atoms with Crippen LogP contribution >= 0.6 is 23.4 Å². The van der Waals surface area contributed by atoms with E-state index >= 15 is 0 Å². The number of halogens is 1. The number of nitrogens with zero attached hydrogens (tertiary/aromatic N) is 2. The zero-order chi connectivity index (χ0) is 20.8. The van der Waals surface area contributed by atoms with Crippen molar-refractivity contribution in [1.29, 1.82) is 0 Å². The summed E-state index contributed by atoms with van der Waals surface area (Å²) < 4.78 is 8.88. The first-order valence-electron chi connectivity index (χ1n) is 9.07. The molecule has 3 rings (SSSR count). The maximum atomic E-state index is 12.8. The smallest absolute Gasteiger partial charge is 0.295 e. The lowest BCUT2D eigenvalue weighted by Gasteiger charge is -2.07. The van der Waals surface area contributed by atoms with Crippen molar-refractivity contribution in [3.05, 3.63) is 75.7 Å². The van der Waals surface area contributed by atoms with Gasteiger partial charge in [-0.15, -0.1) is 11.8 Å². The van der Waals surface area contributed by atoms with Crippen LogP contribution in [-0.4, -0.2) is 33.4 Å². The van der Waals surface area contributed by atoms with Gasteiger partial charge in [-0.1, -0.05) is 29.8 Å². The first-order chi connectivity index (χ1) is 14.0. The quantitative estimate of drug-likeness (QED) is 0.549. The molecule has 152 valence electrons. The van der Waals surface area contributed by atoms with Crippen molar-refractivity contribution in [3.63, 3.8) is 0 Å². The third kappa shape index (κ3) is 5.25. The van der Waals surface area contributed by atoms with E-state index < -0.39 is 0 Å². The number of anilines is 1. The lowest BCUT2D eigenvalue weighted by Crippen LogP contribution is -2.23. The van der Waals surface area contributed by atoms with Crippen LogP contribution in [0.4, 0.5) is 5.69 Å². The number of amides is 1. The largest absolute Gasteiger partial charge is 0.493 e. The normalized spacial score (nSPS) is 10.7. The Morgan fingerprint density at radius 2 is 1.83 bits per heavy atom. The van der Waals surface area contributed by atoms with Gasteiger partial charge in [0.15, 0.2) is 0 Å². The Labute approximate surface area is 178 Å². The van der Waals surface area contributed by atoms with Crippen LogP contribution in [0.3, 0.4) is 0 Å². The highest BCUT2D eigenvalue weighted by atomic mass is 35.5. The van der Waals surface area contributed by atoms with Crippen LogP contribution in [0.25, 0.3) is 5.69 Å². The van der Waals surface area contributed by atoms with Crippen LogP contribution in [0.1, 0.15) is 5.69 Å². The van der Waals surface area contributed by atoms with Crippen molar-refractivity contribution in [2.45, 2.75) is 6.92 Å². The summed E-state index contributed by atoms with van der Waals surface area (Å²) in [5.74, 6) is 1.41. The van der Waals surface area contributed by atoms with E-state index in [1.165, 1.54) is 16.4 Å². The molecule has 0 saturated heterocycles. The summed E-state index contributed by atoms with van der Waals surface area (Å²) in [6.07, 6.45) is 0. The zero-order valence-electron chi connectivity index (χ0n) is 16.2. The molecule has 0 saturated carbocycles. The number of carbonyl (C=O) groups is 1. The maximum absolute atomic E-state index is 12.8. The van der Waals surface area contributed by atoms with Gasteiger partial charge in [-0.3, -0.25) is 14.3 Å². The number of aromatic nitrogens is 2. The van der Waals surface area contributed by atoms with E-state index in [-0.39, 0.29) is 17.2 Å². The summed E-state index contributed by atoms with van der Waals surface area (Å²) in [4.78, 5) is 25.1. The Bertz CT molecular complexity index is 1030. The average molecular weight is 432 g/mol. The Morgan fingerprint density at radius 3 is 2.52 bits per heavy atom. The Morgan fingerprint density at radius 1 is 1.14 bits per heavy atom. The predicted molar refractivity (Wildman–Crippen MR) is 119 cm³/mol. The van der Waals surface area contributed by atoms with Gasteiger partial charge in [-0.05, 0) is 43.3 Å². The Kier molecular flexibility index (Phi) is 7.06. The Balaban J connectivity index is 1.53. The summed E-state index contributed by atoms with van der Waals surface area (Å²) in [5.41, 5.74) is 1.50. The number of rotatable bonds is 8. The molecule has 1 aromatic heterocycles. The first kappa shape index (κ1) is 21.1. The van der Waals surface area contributed by atoms with Crippen molar-refractivity contribution in [2.24, 2.45) is 7.05 Å². The summed E-state index contributed by atoms with van der Waals surface area (Å²) in [5, 5.41) is 3.41. The second-order valence-corrected chi connectivity index (χ2v) is 7.88. The van der Waals surface area contributed by atoms with Gasteiger partial charge >= 0.3 is 0 Å². The third-order valence-corrected chi connectivity index (χ3v) is 5.54. The molecule has 0 aliphatic rings. The molecule has 1 amide bonds. The van der Waals surface area contributed by atoms with Crippen LogP contribution in [0, 0.1) is 6.92 Å². The molecule has 6 nitrogen and oxygen atoms in total. The monoisotopic (exact) mass is 431 g/mol. The average Bonchev–Trinajstić information content (AvgIpc) is 2.93. The molecule has 29 heavy (non-hydrogen) atoms. The van der Waals surface area contributed by atoms with Gasteiger partial charge in [-0.25, -0.2) is 4.68 Å². The highest BCUT2D eigenvalue weighted by Gasteiger charge is 2.17. The van der Waals surface area contributed by atoms with Crippen LogP contribution < -0.4 is 15.6 Å². The van der Waals surface area contributed by atoms with Crippen molar-refractivity contribution in [3.8, 4) is 11.4 Å². The van der Waals surface area contributed by atoms with Gasteiger partial charge in [0.2, 0.25) is 5.91 Å². The number of carbonyl (C=O) groups excluding carboxylic acids is 1. The molecule has 0 fully saturated rings. The minimum atomic E-state index is -0.249. The predicted octanol–water partition coefficient (Wildman–Crippen LogP) is 3.89. The molecule has 2 aromatic carbocycles. The van der Waals surface area contributed by atoms with Gasteiger partial charge in [0.1, 0.15) is 11.4 Å². The SMILES string of the molecule is Cc1c(NC(=O)CSCCOc2ccc(Cl)cc2)c(=O)n(-c2ccccc2)n1C. The number of hydrogen-bond acceptors (Lipinski definition) is 4. The fourth-order valence-corrected chi connectivity index (χ4v) is 3.53. The van der Waals surface area contributed by atoms with Gasteiger partial charge in [-0.2, -0.15) is 0 Å². The highest BCUT2D eigenvalue weighted by molar-refractivity contribution is 7.99. The van der Waals surface area contributed by atoms with E-state index in [1.54, 1.807) is 36.0 Å². The van der Waals surface area contributed by atoms with E-state index in [2.05, 4.69) is 5.32 Å². The summed E-state index contributed by atoms with van der Waals surface area (Å²) >= 11 is 7.28. The first-order valence-corrected chi connectivity index (χ1v) is 10.6. The van der Waals surface area contributed by atoms with E-state index in [0.717, 1.165) is 11.4 Å². The van der Waals surface area contributed by atoms with E-state index in [0.29, 0.717) is 28.8 Å². The van der Waals surface area contributed by atoms with E-state index in [4.69, 9.17) is 16.3 Å². The van der Waals surface area contributed by atoms with Gasteiger partial charge in [0.25, 0.3) is 5.56 Å². The number of ether oxygens (including phenoxy) is 1. The van der Waals surface area contributed by atoms with E-state index in [9.17, 15) is 9.59 Å². The number of benzene rings is 2. The third-order valence-electron chi connectivity index (χ3n) is 4.36. The molecule has 3 aromatic rings. The summed E-state index contributed by atoms with van der Waals surface area (Å²) in [7, 11) is 1.79. The topological polar surface area (TPSA) is 65.3 Å². The number of thioether (sulfide) groups is 1. The lowest BCUT2D eigenvalue weighted by atomic mass is 10.3. The molecule has 0 spiro atoms. The molecular formula is C21H22ClN3O3S. The van der Waals surface area contributed by atoms with Crippen molar-refractivity contribution in [1.82, 2.24) is 9.36 Å². The second-order valence-electron chi connectivity index (χ2n) is 6.34. The van der Waals surface area contributed by atoms with Crippen LogP contribution in [-0.2, 0) is 11.8 Å². The van der Waals surface area contributed by atoms with Gasteiger partial charge in [0, 0.05) is 17.8 Å². The molecule has 0 unspecified atom stereocenters. The standard InChI is InChI=1S/C21H22ClN3O3S/c1-15-20(21(27)25(24(15)2)17-6-4-3-5-7-17)23-19(26)14-29-13-12-28-18-10-8-16(22)9-11-18/h3-11H,12-14H2,1-2H3,(H,23,26). The van der Waals surface area contributed by atoms with Crippen molar-refractivity contribution < 1.29 is 9.53 Å². The molecule has 8 heteroatoms. The van der Waals surface area contributed by atoms with Gasteiger partial charge in [0.05, 0.1) is 23.7 Å². The van der Waals surface area contributed by atoms with Crippen LogP contribution in [0.2, 0.25) is 5.02 Å². The lowest BCUT2D eigenvalue weighted by molar-refractivity contribution is -0.113. The number of para-hydroxylation sites is 1. The fraction of sp³-hybridized carbons (Fsp3) is 0.238.